The van der Waals surface area contributed by atoms with E-state index >= 15 is 0 Å². The third kappa shape index (κ3) is 6.75. The van der Waals surface area contributed by atoms with Crippen LogP contribution in [0.1, 0.15) is 6.92 Å². The molecule has 8 heteroatoms. The number of ether oxygens (including phenoxy) is 1. The Morgan fingerprint density at radius 1 is 1.00 bits per heavy atom. The summed E-state index contributed by atoms with van der Waals surface area (Å²) in [6, 6.07) is 11.9. The standard InChI is InChI=1S/C19H21Cl2N3O3/c1-3-24(11-18(25)22-15-9-13(20)8-14(21)10-15)12-19(26)23-16-6-4-5-7-17(16)27-2/h4-10H,3,11-12H2,1-2H3,(H,22,25)(H,23,26). The van der Waals surface area contributed by atoms with E-state index in [1.54, 1.807) is 41.3 Å². The van der Waals surface area contributed by atoms with Crippen LogP contribution in [0.4, 0.5) is 11.4 Å². The van der Waals surface area contributed by atoms with Crippen LogP contribution in [-0.2, 0) is 9.59 Å². The molecule has 0 saturated carbocycles. The summed E-state index contributed by atoms with van der Waals surface area (Å²) in [5.41, 5.74) is 1.09. The van der Waals surface area contributed by atoms with Crippen molar-refractivity contribution in [3.63, 3.8) is 0 Å². The number of nitrogens with one attached hydrogen (secondary N) is 2. The highest BCUT2D eigenvalue weighted by Gasteiger charge is 2.15. The highest BCUT2D eigenvalue weighted by Crippen LogP contribution is 2.23. The largest absolute Gasteiger partial charge is 0.495 e. The lowest BCUT2D eigenvalue weighted by atomic mass is 10.3. The summed E-state index contributed by atoms with van der Waals surface area (Å²) in [6.45, 7) is 2.53. The van der Waals surface area contributed by atoms with Gasteiger partial charge in [-0.3, -0.25) is 14.5 Å². The van der Waals surface area contributed by atoms with Crippen molar-refractivity contribution in [2.24, 2.45) is 0 Å². The van der Waals surface area contributed by atoms with Crippen LogP contribution in [0.5, 0.6) is 5.75 Å². The third-order valence-corrected chi connectivity index (χ3v) is 4.15. The van der Waals surface area contributed by atoms with Crippen LogP contribution in [0.3, 0.4) is 0 Å². The average Bonchev–Trinajstić information content (AvgIpc) is 2.60. The number of rotatable bonds is 8. The van der Waals surface area contributed by atoms with Gasteiger partial charge in [0.05, 0.1) is 25.9 Å². The number of benzene rings is 2. The summed E-state index contributed by atoms with van der Waals surface area (Å²) in [5.74, 6) is 0.0738. The van der Waals surface area contributed by atoms with Crippen molar-refractivity contribution in [3.05, 3.63) is 52.5 Å². The number of carbonyl (C=O) groups excluding carboxylic acids is 2. The van der Waals surface area contributed by atoms with Crippen molar-refractivity contribution in [1.29, 1.82) is 0 Å². The average molecular weight is 410 g/mol. The lowest BCUT2D eigenvalue weighted by Crippen LogP contribution is -2.38. The summed E-state index contributed by atoms with van der Waals surface area (Å²) >= 11 is 11.9. The van der Waals surface area contributed by atoms with Crippen LogP contribution in [0.2, 0.25) is 10.0 Å². The first-order valence-electron chi connectivity index (χ1n) is 8.32. The Kier molecular flexibility index (Phi) is 7.91. The number of hydrogen-bond donors (Lipinski definition) is 2. The van der Waals surface area contributed by atoms with Gasteiger partial charge in [-0.25, -0.2) is 0 Å². The van der Waals surface area contributed by atoms with Gasteiger partial charge in [0.25, 0.3) is 0 Å². The van der Waals surface area contributed by atoms with Crippen LogP contribution < -0.4 is 15.4 Å². The monoisotopic (exact) mass is 409 g/mol. The maximum atomic E-state index is 12.3. The first-order chi connectivity index (χ1) is 12.9. The maximum Gasteiger partial charge on any atom is 0.238 e. The summed E-state index contributed by atoms with van der Waals surface area (Å²) in [7, 11) is 1.54. The second-order valence-electron chi connectivity index (χ2n) is 5.76. The number of nitrogens with zero attached hydrogens (tertiary/aromatic N) is 1. The van der Waals surface area contributed by atoms with E-state index in [0.29, 0.717) is 33.7 Å². The molecule has 2 aromatic carbocycles. The molecule has 144 valence electrons. The zero-order valence-electron chi connectivity index (χ0n) is 15.1. The lowest BCUT2D eigenvalue weighted by molar-refractivity contribution is -0.119. The molecule has 0 aromatic heterocycles. The molecule has 0 aliphatic heterocycles. The van der Waals surface area contributed by atoms with E-state index in [2.05, 4.69) is 10.6 Å². The number of methoxy groups -OCH3 is 1. The topological polar surface area (TPSA) is 70.7 Å². The maximum absolute atomic E-state index is 12.3. The molecule has 0 aliphatic carbocycles. The second kappa shape index (κ2) is 10.2. The molecule has 0 bridgehead atoms. The molecule has 27 heavy (non-hydrogen) atoms. The Balaban J connectivity index is 1.92. The predicted octanol–water partition coefficient (Wildman–Crippen LogP) is 3.90. The molecule has 0 unspecified atom stereocenters. The number of halogens is 2. The van der Waals surface area contributed by atoms with Crippen LogP contribution in [0, 0.1) is 0 Å². The number of carbonyl (C=O) groups is 2. The molecule has 2 amide bonds. The van der Waals surface area contributed by atoms with E-state index in [1.165, 1.54) is 7.11 Å². The lowest BCUT2D eigenvalue weighted by Gasteiger charge is -2.20. The highest BCUT2D eigenvalue weighted by atomic mass is 35.5. The molecule has 0 fully saturated rings. The molecule has 0 atom stereocenters. The van der Waals surface area contributed by atoms with Crippen molar-refractivity contribution in [2.75, 3.05) is 37.4 Å². The van der Waals surface area contributed by atoms with Crippen LogP contribution >= 0.6 is 23.2 Å². The van der Waals surface area contributed by atoms with Gasteiger partial charge in [0.15, 0.2) is 0 Å². The molecule has 0 aliphatic rings. The van der Waals surface area contributed by atoms with E-state index in [-0.39, 0.29) is 24.9 Å². The van der Waals surface area contributed by atoms with E-state index in [1.807, 2.05) is 13.0 Å². The van der Waals surface area contributed by atoms with E-state index < -0.39 is 0 Å². The van der Waals surface area contributed by atoms with Crippen molar-refractivity contribution in [3.8, 4) is 5.75 Å². The SMILES string of the molecule is CCN(CC(=O)Nc1cc(Cl)cc(Cl)c1)CC(=O)Nc1ccccc1OC. The highest BCUT2D eigenvalue weighted by molar-refractivity contribution is 6.35. The van der Waals surface area contributed by atoms with Gasteiger partial charge in [0.1, 0.15) is 5.75 Å². The smallest absolute Gasteiger partial charge is 0.238 e. The zero-order valence-corrected chi connectivity index (χ0v) is 16.6. The van der Waals surface area contributed by atoms with Crippen molar-refractivity contribution >= 4 is 46.4 Å². The van der Waals surface area contributed by atoms with Gasteiger partial charge in [-0.15, -0.1) is 0 Å². The fraction of sp³-hybridized carbons (Fsp3) is 0.263. The third-order valence-electron chi connectivity index (χ3n) is 3.71. The van der Waals surface area contributed by atoms with Gasteiger partial charge < -0.3 is 15.4 Å². The summed E-state index contributed by atoms with van der Waals surface area (Å²) in [6.07, 6.45) is 0. The Bertz CT molecular complexity index is 794. The van der Waals surface area contributed by atoms with Gasteiger partial charge >= 0.3 is 0 Å². The van der Waals surface area contributed by atoms with Gasteiger partial charge in [0.2, 0.25) is 11.8 Å². The molecule has 6 nitrogen and oxygen atoms in total. The minimum absolute atomic E-state index is 0.0555. The van der Waals surface area contributed by atoms with E-state index in [4.69, 9.17) is 27.9 Å². The number of amides is 2. The summed E-state index contributed by atoms with van der Waals surface area (Å²) in [5, 5.41) is 6.38. The molecule has 0 saturated heterocycles. The number of anilines is 2. The summed E-state index contributed by atoms with van der Waals surface area (Å²) in [4.78, 5) is 26.3. The Morgan fingerprint density at radius 3 is 2.19 bits per heavy atom. The molecule has 0 radical (unpaired) electrons. The van der Waals surface area contributed by atoms with Gasteiger partial charge in [-0.2, -0.15) is 0 Å². The van der Waals surface area contributed by atoms with Crippen LogP contribution in [0.25, 0.3) is 0 Å². The van der Waals surface area contributed by atoms with Gasteiger partial charge in [-0.05, 0) is 36.9 Å². The van der Waals surface area contributed by atoms with Gasteiger partial charge in [-0.1, -0.05) is 42.3 Å². The fourth-order valence-corrected chi connectivity index (χ4v) is 2.98. The molecular formula is C19H21Cl2N3O3. The molecular weight excluding hydrogens is 389 g/mol. The second-order valence-corrected chi connectivity index (χ2v) is 6.63. The normalized spacial score (nSPS) is 10.6. The molecule has 0 spiro atoms. The van der Waals surface area contributed by atoms with Crippen molar-refractivity contribution in [1.82, 2.24) is 4.90 Å². The van der Waals surface area contributed by atoms with Crippen LogP contribution in [0.15, 0.2) is 42.5 Å². The van der Waals surface area contributed by atoms with Crippen molar-refractivity contribution in [2.45, 2.75) is 6.92 Å². The van der Waals surface area contributed by atoms with Crippen molar-refractivity contribution < 1.29 is 14.3 Å². The molecule has 0 heterocycles. The quantitative estimate of drug-likeness (QED) is 0.693. The van der Waals surface area contributed by atoms with Gasteiger partial charge in [0, 0.05) is 15.7 Å². The fourth-order valence-electron chi connectivity index (χ4n) is 2.45. The van der Waals surface area contributed by atoms with E-state index in [0.717, 1.165) is 0 Å². The molecule has 2 N–H and O–H groups in total. The number of likely N-dealkylation sites (N-methyl/N-ethyl adjacent to an activating group) is 1. The van der Waals surface area contributed by atoms with E-state index in [9.17, 15) is 9.59 Å². The predicted molar refractivity (Wildman–Crippen MR) is 109 cm³/mol. The molecule has 2 aromatic rings. The van der Waals surface area contributed by atoms with Crippen LogP contribution in [-0.4, -0.2) is 43.5 Å². The first kappa shape index (κ1) is 21.0. The molecule has 2 rings (SSSR count). The zero-order chi connectivity index (χ0) is 19.8. The minimum Gasteiger partial charge on any atom is -0.495 e. The number of para-hydroxylation sites is 2. The Morgan fingerprint density at radius 2 is 1.59 bits per heavy atom. The summed E-state index contributed by atoms with van der Waals surface area (Å²) < 4.78 is 5.21. The Hall–Kier alpha value is -2.28. The minimum atomic E-state index is -0.264. The Labute approximate surface area is 168 Å². The number of hydrogen-bond acceptors (Lipinski definition) is 4. The first-order valence-corrected chi connectivity index (χ1v) is 9.08.